The summed E-state index contributed by atoms with van der Waals surface area (Å²) in [6.45, 7) is 9.67. The van der Waals surface area contributed by atoms with Crippen molar-refractivity contribution in [2.24, 2.45) is 35.5 Å². The summed E-state index contributed by atoms with van der Waals surface area (Å²) in [6.07, 6.45) is 25.1. The number of allylic oxidation sites excluding steroid dienone is 4. The summed E-state index contributed by atoms with van der Waals surface area (Å²) in [5.41, 5.74) is 1.04. The molecular weight excluding hydrogens is 861 g/mol. The lowest BCUT2D eigenvalue weighted by Gasteiger charge is -2.29. The zero-order valence-corrected chi connectivity index (χ0v) is 43.4. The molecule has 14 heteroatoms. The van der Waals surface area contributed by atoms with Crippen LogP contribution in [-0.4, -0.2) is 97.1 Å². The van der Waals surface area contributed by atoms with Crippen LogP contribution in [0.25, 0.3) is 0 Å². The first kappa shape index (κ1) is 60.3. The van der Waals surface area contributed by atoms with Crippen LogP contribution in [0.5, 0.6) is 0 Å². The number of nitrogens with one attached hydrogen (secondary N) is 6. The topological polar surface area (TPSA) is 215 Å². The van der Waals surface area contributed by atoms with Crippen LogP contribution in [0.2, 0.25) is 0 Å². The molecular formula is C54H96N6O8. The average molecular weight is 957 g/mol. The quantitative estimate of drug-likeness (QED) is 0.0402. The smallest absolute Gasteiger partial charge is 0.242 e. The van der Waals surface area contributed by atoms with Crippen molar-refractivity contribution < 1.29 is 39.0 Å². The summed E-state index contributed by atoms with van der Waals surface area (Å²) in [5, 5.41) is 38.7. The zero-order valence-electron chi connectivity index (χ0n) is 43.4. The molecule has 2 aliphatic heterocycles. The summed E-state index contributed by atoms with van der Waals surface area (Å²) < 4.78 is 0. The van der Waals surface area contributed by atoms with Gasteiger partial charge in [0.2, 0.25) is 35.4 Å². The molecule has 0 aromatic rings. The maximum absolute atomic E-state index is 14.4. The first-order valence-corrected chi connectivity index (χ1v) is 26.9. The van der Waals surface area contributed by atoms with Gasteiger partial charge in [-0.05, 0) is 102 Å². The van der Waals surface area contributed by atoms with Gasteiger partial charge in [0.15, 0.2) is 0 Å². The zero-order chi connectivity index (χ0) is 50.3. The second-order valence-corrected chi connectivity index (χ2v) is 20.6. The van der Waals surface area contributed by atoms with E-state index in [-0.39, 0.29) is 79.3 Å². The molecule has 0 bridgehead atoms. The maximum Gasteiger partial charge on any atom is 0.242 e. The van der Waals surface area contributed by atoms with Gasteiger partial charge in [-0.2, -0.15) is 0 Å². The molecule has 0 aliphatic carbocycles. The average Bonchev–Trinajstić information content (AvgIpc) is 3.31. The Kier molecular flexibility index (Phi) is 31.4. The molecule has 8 N–H and O–H groups in total. The SMILES string of the molecule is CCCCCCCC1CC/C(CC(C)C[C@@H]2NC(=O)C(CCCCCCC)CCCC/C=C/CC(C(=O)NC)C[C@@H](CO)NC2=O)=C\CC(C(=O)NC)C[C@@H](CO)NC(=O)[C@H](CC(C)C)NC1=O. The standard InChI is InChI=1S/C54H96N6O8/c1-8-10-12-15-19-23-41-24-21-17-14-18-22-26-43(49(63)55-6)34-45(36-61)58-54(68)48(60-51(41)65)33-39(5)32-40-27-29-42(25-20-16-13-11-9-2)52(66)59-47(31-38(3)4)53(67)57-46(37-62)35-44(30-28-40)50(64)56-7/h18,22,28,38-39,41-48,61-62H,8-17,19-21,23-27,29-37H2,1-7H3,(H,55,63)(H,56,64)(H,57,67)(H,58,68)(H,59,66)(H,60,65)/b22-18+,40-28+/t39?,41?,42?,43?,44?,45-,46-,47-,48-/m0/s1. The number of carbonyl (C=O) groups is 6. The van der Waals surface area contributed by atoms with Crippen LogP contribution in [0, 0.1) is 35.5 Å². The second-order valence-electron chi connectivity index (χ2n) is 20.6. The number of hydrogen-bond donors (Lipinski definition) is 8. The van der Waals surface area contributed by atoms with Crippen LogP contribution in [0.1, 0.15) is 195 Å². The van der Waals surface area contributed by atoms with E-state index in [4.69, 9.17) is 0 Å². The minimum absolute atomic E-state index is 0.114. The van der Waals surface area contributed by atoms with Gasteiger partial charge < -0.3 is 42.1 Å². The van der Waals surface area contributed by atoms with E-state index in [1.165, 1.54) is 0 Å². The molecule has 2 aliphatic rings. The molecule has 390 valence electrons. The van der Waals surface area contributed by atoms with Crippen molar-refractivity contribution in [1.82, 2.24) is 31.9 Å². The monoisotopic (exact) mass is 957 g/mol. The van der Waals surface area contributed by atoms with Gasteiger partial charge in [0, 0.05) is 37.8 Å². The molecule has 9 atom stereocenters. The fraction of sp³-hybridized carbons (Fsp3) is 0.815. The molecule has 0 aromatic carbocycles. The van der Waals surface area contributed by atoms with Crippen LogP contribution < -0.4 is 31.9 Å². The van der Waals surface area contributed by atoms with Crippen LogP contribution in [-0.2, 0) is 28.8 Å². The Labute approximate surface area is 411 Å². The van der Waals surface area contributed by atoms with E-state index in [0.29, 0.717) is 57.8 Å². The summed E-state index contributed by atoms with van der Waals surface area (Å²) >= 11 is 0. The first-order valence-electron chi connectivity index (χ1n) is 26.9. The minimum Gasteiger partial charge on any atom is -0.394 e. The highest BCUT2D eigenvalue weighted by atomic mass is 16.3. The molecule has 0 saturated carbocycles. The molecule has 0 spiro atoms. The molecule has 6 amide bonds. The van der Waals surface area contributed by atoms with Crippen LogP contribution >= 0.6 is 0 Å². The van der Waals surface area contributed by atoms with E-state index in [1.807, 2.05) is 19.9 Å². The van der Waals surface area contributed by atoms with Crippen molar-refractivity contribution in [3.63, 3.8) is 0 Å². The maximum atomic E-state index is 14.4. The Morgan fingerprint density at radius 2 is 1.13 bits per heavy atom. The molecule has 14 nitrogen and oxygen atoms in total. The van der Waals surface area contributed by atoms with Crippen molar-refractivity contribution in [2.45, 2.75) is 219 Å². The summed E-state index contributed by atoms with van der Waals surface area (Å²) in [7, 11) is 3.16. The van der Waals surface area contributed by atoms with E-state index in [0.717, 1.165) is 95.5 Å². The number of aliphatic hydroxyl groups is 2. The Morgan fingerprint density at radius 1 is 0.632 bits per heavy atom. The van der Waals surface area contributed by atoms with E-state index in [2.05, 4.69) is 64.8 Å². The Bertz CT molecular complexity index is 1550. The van der Waals surface area contributed by atoms with E-state index >= 15 is 0 Å². The highest BCUT2D eigenvalue weighted by molar-refractivity contribution is 5.89. The normalized spacial score (nSPS) is 27.3. The molecule has 2 rings (SSSR count). The summed E-state index contributed by atoms with van der Waals surface area (Å²) in [6, 6.07) is -3.12. The first-order chi connectivity index (χ1) is 32.7. The van der Waals surface area contributed by atoms with Crippen LogP contribution in [0.4, 0.5) is 0 Å². The summed E-state index contributed by atoms with van der Waals surface area (Å²) in [4.78, 5) is 83.0. The molecule has 5 unspecified atom stereocenters. The third-order valence-corrected chi connectivity index (χ3v) is 14.0. The van der Waals surface area contributed by atoms with Gasteiger partial charge in [0.05, 0.1) is 25.3 Å². The largest absolute Gasteiger partial charge is 0.394 e. The lowest BCUT2D eigenvalue weighted by atomic mass is 9.85. The van der Waals surface area contributed by atoms with Crippen molar-refractivity contribution in [2.75, 3.05) is 27.3 Å². The van der Waals surface area contributed by atoms with Gasteiger partial charge in [-0.25, -0.2) is 0 Å². The second kappa shape index (κ2) is 35.3. The lowest BCUT2D eigenvalue weighted by molar-refractivity contribution is -0.132. The number of rotatable bonds is 22. The third kappa shape index (κ3) is 24.2. The highest BCUT2D eigenvalue weighted by Gasteiger charge is 2.33. The predicted octanol–water partition coefficient (Wildman–Crippen LogP) is 7.46. The van der Waals surface area contributed by atoms with E-state index in [1.54, 1.807) is 14.1 Å². The Balaban J connectivity index is 2.57. The predicted molar refractivity (Wildman–Crippen MR) is 272 cm³/mol. The molecule has 68 heavy (non-hydrogen) atoms. The third-order valence-electron chi connectivity index (χ3n) is 14.0. The summed E-state index contributed by atoms with van der Waals surface area (Å²) in [5.74, 6) is -3.07. The van der Waals surface area contributed by atoms with Gasteiger partial charge in [-0.1, -0.05) is 129 Å². The van der Waals surface area contributed by atoms with Crippen LogP contribution in [0.3, 0.4) is 0 Å². The Hall–Kier alpha value is -3.78. The number of hydrogen-bond acceptors (Lipinski definition) is 8. The highest BCUT2D eigenvalue weighted by Crippen LogP contribution is 2.29. The van der Waals surface area contributed by atoms with Crippen LogP contribution in [0.15, 0.2) is 23.8 Å². The number of aliphatic hydroxyl groups excluding tert-OH is 2. The molecule has 0 fully saturated rings. The Morgan fingerprint density at radius 3 is 1.63 bits per heavy atom. The number of carbonyl (C=O) groups excluding carboxylic acids is 6. The lowest BCUT2D eigenvalue weighted by Crippen LogP contribution is -2.53. The van der Waals surface area contributed by atoms with E-state index < -0.39 is 41.9 Å². The van der Waals surface area contributed by atoms with Crippen molar-refractivity contribution in [1.29, 1.82) is 0 Å². The van der Waals surface area contributed by atoms with E-state index in [9.17, 15) is 39.0 Å². The molecule has 2 heterocycles. The molecule has 0 radical (unpaired) electrons. The molecule has 0 aromatic heterocycles. The van der Waals surface area contributed by atoms with Gasteiger partial charge in [-0.3, -0.25) is 28.8 Å². The van der Waals surface area contributed by atoms with Crippen molar-refractivity contribution >= 4 is 35.4 Å². The fourth-order valence-corrected chi connectivity index (χ4v) is 9.91. The minimum atomic E-state index is -0.911. The fourth-order valence-electron chi connectivity index (χ4n) is 9.91. The number of amides is 6. The van der Waals surface area contributed by atoms with Gasteiger partial charge >= 0.3 is 0 Å². The van der Waals surface area contributed by atoms with Crippen molar-refractivity contribution in [3.05, 3.63) is 23.8 Å². The number of unbranched alkanes of at least 4 members (excludes halogenated alkanes) is 8. The molecule has 0 saturated heterocycles. The van der Waals surface area contributed by atoms with Gasteiger partial charge in [0.25, 0.3) is 0 Å². The van der Waals surface area contributed by atoms with Crippen molar-refractivity contribution in [3.8, 4) is 0 Å². The van der Waals surface area contributed by atoms with Gasteiger partial charge in [-0.15, -0.1) is 0 Å². The van der Waals surface area contributed by atoms with Gasteiger partial charge in [0.1, 0.15) is 12.1 Å².